The Balaban J connectivity index is 2.13. The first-order valence-corrected chi connectivity index (χ1v) is 8.80. The van der Waals surface area contributed by atoms with Crippen molar-refractivity contribution in [1.82, 2.24) is 0 Å². The average molecular weight is 316 g/mol. The lowest BCUT2D eigenvalue weighted by Gasteiger charge is -2.53. The number of aliphatic carboxylic acids is 1. The Morgan fingerprint density at radius 3 is 2.57 bits per heavy atom. The first kappa shape index (κ1) is 16.4. The van der Waals surface area contributed by atoms with Crippen LogP contribution in [0.3, 0.4) is 0 Å². The molecule has 1 fully saturated rings. The number of rotatable bonds is 2. The predicted octanol–water partition coefficient (Wildman–Crippen LogP) is 4.61. The van der Waals surface area contributed by atoms with Gasteiger partial charge in [-0.15, -0.1) is 0 Å². The van der Waals surface area contributed by atoms with Crippen molar-refractivity contribution in [2.75, 3.05) is 0 Å². The Morgan fingerprint density at radius 2 is 1.96 bits per heavy atom. The Bertz CT molecular complexity index is 649. The molecule has 3 nitrogen and oxygen atoms in total. The second-order valence-electron chi connectivity index (χ2n) is 8.31. The standard InChI is InChI=1S/C20H28O3/c1-12(2)14-10-13-6-7-17-19(3,15(13)11-16(14)21)8-5-9-20(17,4)18(22)23/h10-12,17,21H,5-9H2,1-4H3,(H,22,23)/t17-,19-,20-/m0/s1. The topological polar surface area (TPSA) is 57.5 Å². The van der Waals surface area contributed by atoms with Crippen molar-refractivity contribution in [3.8, 4) is 5.75 Å². The third kappa shape index (κ3) is 2.28. The summed E-state index contributed by atoms with van der Waals surface area (Å²) in [5.41, 5.74) is 2.69. The van der Waals surface area contributed by atoms with Crippen LogP contribution in [0, 0.1) is 11.3 Å². The largest absolute Gasteiger partial charge is 0.508 e. The number of carboxylic acids is 1. The molecule has 0 bridgehead atoms. The zero-order valence-corrected chi connectivity index (χ0v) is 14.6. The summed E-state index contributed by atoms with van der Waals surface area (Å²) in [6, 6.07) is 4.09. The molecule has 1 aromatic carbocycles. The van der Waals surface area contributed by atoms with E-state index in [0.717, 1.165) is 37.7 Å². The molecular weight excluding hydrogens is 288 g/mol. The van der Waals surface area contributed by atoms with E-state index >= 15 is 0 Å². The van der Waals surface area contributed by atoms with Gasteiger partial charge in [-0.3, -0.25) is 4.79 Å². The lowest BCUT2D eigenvalue weighted by Crippen LogP contribution is -2.52. The second kappa shape index (κ2) is 5.25. The van der Waals surface area contributed by atoms with E-state index in [2.05, 4.69) is 26.8 Å². The van der Waals surface area contributed by atoms with E-state index in [1.54, 1.807) is 0 Å². The van der Waals surface area contributed by atoms with Gasteiger partial charge in [0.2, 0.25) is 0 Å². The van der Waals surface area contributed by atoms with Crippen LogP contribution < -0.4 is 0 Å². The number of carboxylic acid groups (broad SMARTS) is 1. The molecule has 3 atom stereocenters. The van der Waals surface area contributed by atoms with Crippen LogP contribution in [0.1, 0.15) is 76.0 Å². The van der Waals surface area contributed by atoms with Crippen molar-refractivity contribution in [2.24, 2.45) is 11.3 Å². The number of aryl methyl sites for hydroxylation is 1. The minimum Gasteiger partial charge on any atom is -0.508 e. The third-order valence-corrected chi connectivity index (χ3v) is 6.61. The molecule has 1 saturated carbocycles. The molecule has 2 aliphatic carbocycles. The van der Waals surface area contributed by atoms with E-state index < -0.39 is 11.4 Å². The average Bonchev–Trinajstić information content (AvgIpc) is 2.46. The van der Waals surface area contributed by atoms with Gasteiger partial charge in [-0.25, -0.2) is 0 Å². The van der Waals surface area contributed by atoms with Gasteiger partial charge in [-0.1, -0.05) is 33.3 Å². The molecule has 0 spiro atoms. The zero-order valence-electron chi connectivity index (χ0n) is 14.6. The lowest BCUT2D eigenvalue weighted by molar-refractivity contribution is -0.157. The normalized spacial score (nSPS) is 33.2. The van der Waals surface area contributed by atoms with Crippen LogP contribution in [-0.4, -0.2) is 16.2 Å². The summed E-state index contributed by atoms with van der Waals surface area (Å²) in [6.45, 7) is 8.32. The number of hydrogen-bond donors (Lipinski definition) is 2. The van der Waals surface area contributed by atoms with Gasteiger partial charge in [0.05, 0.1) is 5.41 Å². The van der Waals surface area contributed by atoms with Crippen LogP contribution in [0.2, 0.25) is 0 Å². The smallest absolute Gasteiger partial charge is 0.309 e. The van der Waals surface area contributed by atoms with Gasteiger partial charge in [0.15, 0.2) is 0 Å². The molecule has 126 valence electrons. The number of carbonyl (C=O) groups is 1. The van der Waals surface area contributed by atoms with Crippen molar-refractivity contribution < 1.29 is 15.0 Å². The molecule has 0 radical (unpaired) electrons. The van der Waals surface area contributed by atoms with Gasteiger partial charge >= 0.3 is 5.97 Å². The van der Waals surface area contributed by atoms with E-state index in [1.165, 1.54) is 11.1 Å². The predicted molar refractivity (Wildman–Crippen MR) is 91.0 cm³/mol. The quantitative estimate of drug-likeness (QED) is 0.837. The molecule has 23 heavy (non-hydrogen) atoms. The number of aromatic hydroxyl groups is 1. The number of benzene rings is 1. The monoisotopic (exact) mass is 316 g/mol. The van der Waals surface area contributed by atoms with Crippen LogP contribution in [0.15, 0.2) is 12.1 Å². The van der Waals surface area contributed by atoms with Crippen LogP contribution >= 0.6 is 0 Å². The highest BCUT2D eigenvalue weighted by Crippen LogP contribution is 2.58. The van der Waals surface area contributed by atoms with Crippen molar-refractivity contribution in [1.29, 1.82) is 0 Å². The van der Waals surface area contributed by atoms with Gasteiger partial charge in [0, 0.05) is 0 Å². The Morgan fingerprint density at radius 1 is 1.26 bits per heavy atom. The van der Waals surface area contributed by atoms with Crippen LogP contribution in [-0.2, 0) is 16.6 Å². The maximum atomic E-state index is 11.9. The minimum absolute atomic E-state index is 0.137. The van der Waals surface area contributed by atoms with E-state index in [-0.39, 0.29) is 11.3 Å². The van der Waals surface area contributed by atoms with E-state index in [0.29, 0.717) is 11.7 Å². The zero-order chi connectivity index (χ0) is 17.0. The number of hydrogen-bond acceptors (Lipinski definition) is 2. The Kier molecular flexibility index (Phi) is 3.74. The van der Waals surface area contributed by atoms with Gasteiger partial charge < -0.3 is 10.2 Å². The highest BCUT2D eigenvalue weighted by Gasteiger charge is 2.55. The molecule has 0 unspecified atom stereocenters. The summed E-state index contributed by atoms with van der Waals surface area (Å²) in [5.74, 6) is 0.127. The summed E-state index contributed by atoms with van der Waals surface area (Å²) in [7, 11) is 0. The fourth-order valence-corrected chi connectivity index (χ4v) is 5.24. The molecule has 0 aliphatic heterocycles. The molecule has 0 heterocycles. The van der Waals surface area contributed by atoms with Gasteiger partial charge in [0.25, 0.3) is 0 Å². The fourth-order valence-electron chi connectivity index (χ4n) is 5.24. The Hall–Kier alpha value is -1.51. The molecule has 0 amide bonds. The van der Waals surface area contributed by atoms with E-state index in [9.17, 15) is 15.0 Å². The van der Waals surface area contributed by atoms with Crippen molar-refractivity contribution in [3.63, 3.8) is 0 Å². The van der Waals surface area contributed by atoms with Gasteiger partial charge in [-0.05, 0) is 72.6 Å². The third-order valence-electron chi connectivity index (χ3n) is 6.61. The molecule has 0 aromatic heterocycles. The number of fused-ring (bicyclic) bond motifs is 3. The molecule has 3 heteroatoms. The van der Waals surface area contributed by atoms with Gasteiger partial charge in [-0.2, -0.15) is 0 Å². The van der Waals surface area contributed by atoms with E-state index in [1.807, 2.05) is 13.0 Å². The van der Waals surface area contributed by atoms with Gasteiger partial charge in [0.1, 0.15) is 5.75 Å². The first-order chi connectivity index (χ1) is 10.7. The molecular formula is C20H28O3. The summed E-state index contributed by atoms with van der Waals surface area (Å²) in [4.78, 5) is 11.9. The Labute approximate surface area is 138 Å². The summed E-state index contributed by atoms with van der Waals surface area (Å²) in [6.07, 6.45) is 4.54. The van der Waals surface area contributed by atoms with Crippen LogP contribution in [0.5, 0.6) is 5.75 Å². The van der Waals surface area contributed by atoms with Crippen molar-refractivity contribution in [2.45, 2.75) is 71.1 Å². The minimum atomic E-state index is -0.667. The molecule has 2 N–H and O–H groups in total. The summed E-state index contributed by atoms with van der Waals surface area (Å²) < 4.78 is 0. The SMILES string of the molecule is CC(C)c1cc2c(cc1O)[C@]1(C)CCC[C@](C)(C(=O)O)[C@H]1CC2. The molecule has 2 aliphatic rings. The fraction of sp³-hybridized carbons (Fsp3) is 0.650. The molecule has 1 aromatic rings. The second-order valence-corrected chi connectivity index (χ2v) is 8.31. The van der Waals surface area contributed by atoms with E-state index in [4.69, 9.17) is 0 Å². The first-order valence-electron chi connectivity index (χ1n) is 8.80. The van der Waals surface area contributed by atoms with Crippen LogP contribution in [0.4, 0.5) is 0 Å². The lowest BCUT2D eigenvalue weighted by atomic mass is 9.49. The summed E-state index contributed by atoms with van der Waals surface area (Å²) in [5, 5.41) is 20.3. The molecule has 0 saturated heterocycles. The number of phenolic OH excluding ortho intramolecular Hbond substituents is 1. The summed E-state index contributed by atoms with van der Waals surface area (Å²) >= 11 is 0. The highest BCUT2D eigenvalue weighted by molar-refractivity contribution is 5.75. The van der Waals surface area contributed by atoms with Crippen molar-refractivity contribution in [3.05, 3.63) is 28.8 Å². The maximum absolute atomic E-state index is 11.9. The molecule has 3 rings (SSSR count). The number of phenols is 1. The highest BCUT2D eigenvalue weighted by atomic mass is 16.4. The van der Waals surface area contributed by atoms with Crippen LogP contribution in [0.25, 0.3) is 0 Å². The maximum Gasteiger partial charge on any atom is 0.309 e. The van der Waals surface area contributed by atoms with Crippen molar-refractivity contribution >= 4 is 5.97 Å².